The van der Waals surface area contributed by atoms with Crippen molar-refractivity contribution < 1.29 is 0 Å². The van der Waals surface area contributed by atoms with Gasteiger partial charge in [0.15, 0.2) is 0 Å². The van der Waals surface area contributed by atoms with E-state index in [1.807, 2.05) is 0 Å². The van der Waals surface area contributed by atoms with Crippen molar-refractivity contribution in [2.75, 3.05) is 6.54 Å². The van der Waals surface area contributed by atoms with Crippen LogP contribution in [0.5, 0.6) is 0 Å². The molecule has 0 rings (SSSR count). The van der Waals surface area contributed by atoms with Crippen molar-refractivity contribution in [3.63, 3.8) is 0 Å². The minimum absolute atomic E-state index is 0.0808. The van der Waals surface area contributed by atoms with Crippen LogP contribution in [0.1, 0.15) is 53.4 Å². The Morgan fingerprint density at radius 1 is 1.27 bits per heavy atom. The highest BCUT2D eigenvalue weighted by Gasteiger charge is 2.20. The molecular weight excluding hydrogens is 188 g/mol. The van der Waals surface area contributed by atoms with Gasteiger partial charge in [0.1, 0.15) is 0 Å². The SMILES string of the molecule is CCCCN=C(NN)NC(C)(CC)CC. The van der Waals surface area contributed by atoms with Crippen LogP contribution in [0.25, 0.3) is 0 Å². The number of hydrogen-bond acceptors (Lipinski definition) is 2. The summed E-state index contributed by atoms with van der Waals surface area (Å²) in [6.45, 7) is 9.49. The molecule has 0 heterocycles. The van der Waals surface area contributed by atoms with Crippen LogP contribution >= 0.6 is 0 Å². The van der Waals surface area contributed by atoms with Crippen molar-refractivity contribution >= 4 is 5.96 Å². The van der Waals surface area contributed by atoms with Gasteiger partial charge in [-0.2, -0.15) is 0 Å². The first-order chi connectivity index (χ1) is 7.11. The first-order valence-corrected chi connectivity index (χ1v) is 5.91. The lowest BCUT2D eigenvalue weighted by molar-refractivity contribution is 0.384. The van der Waals surface area contributed by atoms with E-state index >= 15 is 0 Å². The second kappa shape index (κ2) is 7.51. The molecule has 0 saturated heterocycles. The van der Waals surface area contributed by atoms with Gasteiger partial charge in [-0.05, 0) is 26.2 Å². The van der Waals surface area contributed by atoms with Crippen LogP contribution in [-0.2, 0) is 0 Å². The van der Waals surface area contributed by atoms with E-state index in [1.165, 1.54) is 0 Å². The molecule has 0 aliphatic rings. The molecule has 0 bridgehead atoms. The first kappa shape index (κ1) is 14.2. The van der Waals surface area contributed by atoms with Crippen LogP contribution in [0.2, 0.25) is 0 Å². The Bertz CT molecular complexity index is 185. The molecule has 4 nitrogen and oxygen atoms in total. The second-order valence-electron chi connectivity index (χ2n) is 4.12. The summed E-state index contributed by atoms with van der Waals surface area (Å²) in [7, 11) is 0. The molecule has 4 heteroatoms. The van der Waals surface area contributed by atoms with Gasteiger partial charge in [-0.25, -0.2) is 5.84 Å². The van der Waals surface area contributed by atoms with Gasteiger partial charge in [0.2, 0.25) is 5.96 Å². The van der Waals surface area contributed by atoms with Crippen molar-refractivity contribution in [2.24, 2.45) is 10.8 Å². The highest BCUT2D eigenvalue weighted by Crippen LogP contribution is 2.12. The summed E-state index contributed by atoms with van der Waals surface area (Å²) in [5.41, 5.74) is 2.70. The highest BCUT2D eigenvalue weighted by atomic mass is 15.3. The third-order valence-electron chi connectivity index (χ3n) is 2.90. The normalized spacial score (nSPS) is 12.7. The predicted octanol–water partition coefficient (Wildman–Crippen LogP) is 1.77. The third kappa shape index (κ3) is 5.62. The Morgan fingerprint density at radius 3 is 2.27 bits per heavy atom. The molecule has 0 aromatic rings. The number of nitrogens with two attached hydrogens (primary N) is 1. The van der Waals surface area contributed by atoms with E-state index < -0.39 is 0 Å². The zero-order valence-electron chi connectivity index (χ0n) is 10.6. The van der Waals surface area contributed by atoms with Crippen LogP contribution in [0.15, 0.2) is 4.99 Å². The van der Waals surface area contributed by atoms with Crippen LogP contribution in [0.3, 0.4) is 0 Å². The van der Waals surface area contributed by atoms with E-state index in [0.717, 1.165) is 32.2 Å². The number of hydrazine groups is 1. The summed E-state index contributed by atoms with van der Waals surface area (Å²) in [5, 5.41) is 3.35. The molecule has 0 radical (unpaired) electrons. The zero-order valence-corrected chi connectivity index (χ0v) is 10.6. The van der Waals surface area contributed by atoms with E-state index in [-0.39, 0.29) is 5.54 Å². The molecule has 4 N–H and O–H groups in total. The minimum Gasteiger partial charge on any atom is -0.350 e. The Hall–Kier alpha value is -0.770. The molecule has 0 atom stereocenters. The zero-order chi connectivity index (χ0) is 11.7. The van der Waals surface area contributed by atoms with Gasteiger partial charge in [-0.1, -0.05) is 27.2 Å². The van der Waals surface area contributed by atoms with E-state index in [0.29, 0.717) is 5.96 Å². The lowest BCUT2D eigenvalue weighted by Gasteiger charge is -2.29. The van der Waals surface area contributed by atoms with Crippen LogP contribution < -0.4 is 16.6 Å². The summed E-state index contributed by atoms with van der Waals surface area (Å²) in [6.07, 6.45) is 4.36. The standard InChI is InChI=1S/C11H26N4/c1-5-8-9-13-10(15-12)14-11(4,6-2)7-3/h5-9,12H2,1-4H3,(H2,13,14,15). The summed E-state index contributed by atoms with van der Waals surface area (Å²) in [4.78, 5) is 4.38. The van der Waals surface area contributed by atoms with Gasteiger partial charge in [0, 0.05) is 12.1 Å². The number of rotatable bonds is 6. The number of aliphatic imine (C=N–C) groups is 1. The van der Waals surface area contributed by atoms with Gasteiger partial charge in [-0.15, -0.1) is 0 Å². The Balaban J connectivity index is 4.23. The molecule has 0 spiro atoms. The average molecular weight is 214 g/mol. The molecule has 0 saturated carbocycles. The highest BCUT2D eigenvalue weighted by molar-refractivity contribution is 5.79. The molecule has 0 fully saturated rings. The molecular formula is C11H26N4. The van der Waals surface area contributed by atoms with Crippen LogP contribution in [0, 0.1) is 0 Å². The molecule has 0 aliphatic carbocycles. The monoisotopic (exact) mass is 214 g/mol. The quantitative estimate of drug-likeness (QED) is 0.208. The maximum absolute atomic E-state index is 5.43. The van der Waals surface area contributed by atoms with Crippen molar-refractivity contribution in [1.82, 2.24) is 10.7 Å². The number of nitrogens with zero attached hydrogens (tertiary/aromatic N) is 1. The van der Waals surface area contributed by atoms with E-state index in [1.54, 1.807) is 0 Å². The molecule has 0 aliphatic heterocycles. The summed E-state index contributed by atoms with van der Waals surface area (Å²) in [6, 6.07) is 0. The lowest BCUT2D eigenvalue weighted by Crippen LogP contribution is -2.52. The first-order valence-electron chi connectivity index (χ1n) is 5.91. The molecule has 90 valence electrons. The smallest absolute Gasteiger partial charge is 0.206 e. The van der Waals surface area contributed by atoms with Gasteiger partial charge in [0.05, 0.1) is 0 Å². The van der Waals surface area contributed by atoms with Crippen molar-refractivity contribution in [3.05, 3.63) is 0 Å². The summed E-state index contributed by atoms with van der Waals surface area (Å²) < 4.78 is 0. The Labute approximate surface area is 93.7 Å². The average Bonchev–Trinajstić information content (AvgIpc) is 2.27. The molecule has 15 heavy (non-hydrogen) atoms. The fourth-order valence-electron chi connectivity index (χ4n) is 1.18. The second-order valence-corrected chi connectivity index (χ2v) is 4.12. The molecule has 0 aromatic heterocycles. The number of nitrogens with one attached hydrogen (secondary N) is 2. The Kier molecular flexibility index (Phi) is 7.13. The Morgan fingerprint density at radius 2 is 1.87 bits per heavy atom. The van der Waals surface area contributed by atoms with Crippen LogP contribution in [-0.4, -0.2) is 18.0 Å². The topological polar surface area (TPSA) is 62.4 Å². The molecule has 0 aromatic carbocycles. The van der Waals surface area contributed by atoms with Crippen molar-refractivity contribution in [3.8, 4) is 0 Å². The third-order valence-corrected chi connectivity index (χ3v) is 2.90. The van der Waals surface area contributed by atoms with E-state index in [9.17, 15) is 0 Å². The van der Waals surface area contributed by atoms with Crippen LogP contribution in [0.4, 0.5) is 0 Å². The minimum atomic E-state index is 0.0808. The number of hydrogen-bond donors (Lipinski definition) is 3. The fraction of sp³-hybridized carbons (Fsp3) is 0.909. The maximum Gasteiger partial charge on any atom is 0.206 e. The van der Waals surface area contributed by atoms with Gasteiger partial charge in [-0.3, -0.25) is 10.4 Å². The molecule has 0 amide bonds. The predicted molar refractivity (Wildman–Crippen MR) is 66.7 cm³/mol. The number of guanidine groups is 1. The fourth-order valence-corrected chi connectivity index (χ4v) is 1.18. The van der Waals surface area contributed by atoms with E-state index in [2.05, 4.69) is 43.4 Å². The lowest BCUT2D eigenvalue weighted by atomic mass is 9.96. The van der Waals surface area contributed by atoms with Crippen molar-refractivity contribution in [1.29, 1.82) is 0 Å². The number of unbranched alkanes of at least 4 members (excludes halogenated alkanes) is 1. The van der Waals surface area contributed by atoms with Crippen molar-refractivity contribution in [2.45, 2.75) is 58.9 Å². The van der Waals surface area contributed by atoms with Gasteiger partial charge in [0.25, 0.3) is 0 Å². The van der Waals surface area contributed by atoms with Gasteiger partial charge >= 0.3 is 0 Å². The van der Waals surface area contributed by atoms with Gasteiger partial charge < -0.3 is 5.32 Å². The molecule has 0 unspecified atom stereocenters. The largest absolute Gasteiger partial charge is 0.350 e. The summed E-state index contributed by atoms with van der Waals surface area (Å²) >= 11 is 0. The van der Waals surface area contributed by atoms with E-state index in [4.69, 9.17) is 5.84 Å². The maximum atomic E-state index is 5.43. The summed E-state index contributed by atoms with van der Waals surface area (Å²) in [5.74, 6) is 6.13.